The van der Waals surface area contributed by atoms with E-state index in [1.165, 1.54) is 26.8 Å². The number of hydrogen-bond acceptors (Lipinski definition) is 5. The first kappa shape index (κ1) is 17.1. The molecule has 1 aliphatic carbocycles. The summed E-state index contributed by atoms with van der Waals surface area (Å²) in [4.78, 5) is 35.5. The van der Waals surface area contributed by atoms with E-state index in [2.05, 4.69) is 0 Å². The predicted octanol–water partition coefficient (Wildman–Crippen LogP) is 2.80. The average molecular weight is 294 g/mol. The van der Waals surface area contributed by atoms with Crippen molar-refractivity contribution < 1.29 is 24.2 Å². The second-order valence-corrected chi connectivity index (χ2v) is 5.44. The van der Waals surface area contributed by atoms with Crippen LogP contribution in [0.3, 0.4) is 0 Å². The zero-order valence-corrected chi connectivity index (χ0v) is 13.0. The van der Waals surface area contributed by atoms with Gasteiger partial charge in [0.15, 0.2) is 11.4 Å². The topological polar surface area (TPSA) is 80.7 Å². The van der Waals surface area contributed by atoms with Crippen molar-refractivity contribution in [2.45, 2.75) is 59.0 Å². The van der Waals surface area contributed by atoms with Gasteiger partial charge in [0.1, 0.15) is 5.76 Å². The van der Waals surface area contributed by atoms with Gasteiger partial charge in [0, 0.05) is 18.9 Å². The Kier molecular flexibility index (Phi) is 5.47. The van der Waals surface area contributed by atoms with Gasteiger partial charge in [0.05, 0.1) is 5.57 Å². The summed E-state index contributed by atoms with van der Waals surface area (Å²) >= 11 is 0. The zero-order chi connectivity index (χ0) is 16.2. The SMILES string of the molecule is CCCCCC(=O)C1=C[C@](C)(OC(C)=O)C(=O)C(C)=C1O. The number of aliphatic hydroxyl groups excluding tert-OH is 1. The van der Waals surface area contributed by atoms with E-state index in [-0.39, 0.29) is 22.7 Å². The second kappa shape index (κ2) is 6.70. The maximum atomic E-state index is 12.2. The number of carbonyl (C=O) groups is 3. The molecule has 21 heavy (non-hydrogen) atoms. The number of Topliss-reactive ketones (excluding diaryl/α,β-unsaturated/α-hetero) is 2. The molecule has 1 aliphatic rings. The van der Waals surface area contributed by atoms with Crippen LogP contribution in [0.15, 0.2) is 23.0 Å². The molecule has 0 bridgehead atoms. The minimum atomic E-state index is -1.53. The highest BCUT2D eigenvalue weighted by molar-refractivity contribution is 6.11. The molecule has 0 unspecified atom stereocenters. The van der Waals surface area contributed by atoms with E-state index in [1.54, 1.807) is 0 Å². The van der Waals surface area contributed by atoms with Crippen molar-refractivity contribution in [3.63, 3.8) is 0 Å². The number of aliphatic hydroxyl groups is 1. The molecule has 1 rings (SSSR count). The third-order valence-corrected chi connectivity index (χ3v) is 3.49. The molecule has 0 fully saturated rings. The minimum Gasteiger partial charge on any atom is -0.507 e. The lowest BCUT2D eigenvalue weighted by atomic mass is 9.83. The number of ether oxygens (including phenoxy) is 1. The van der Waals surface area contributed by atoms with E-state index in [0.717, 1.165) is 19.3 Å². The van der Waals surface area contributed by atoms with Gasteiger partial charge in [-0.1, -0.05) is 19.8 Å². The van der Waals surface area contributed by atoms with Crippen LogP contribution in [0.2, 0.25) is 0 Å². The van der Waals surface area contributed by atoms with Crippen LogP contribution in [-0.2, 0) is 19.1 Å². The average Bonchev–Trinajstić information content (AvgIpc) is 2.40. The highest BCUT2D eigenvalue weighted by atomic mass is 16.6. The predicted molar refractivity (Wildman–Crippen MR) is 77.7 cm³/mol. The Hall–Kier alpha value is -1.91. The molecule has 0 heterocycles. The number of allylic oxidation sites excluding steroid dienone is 1. The molecular weight excluding hydrogens is 272 g/mol. The monoisotopic (exact) mass is 294 g/mol. The molecule has 0 saturated carbocycles. The van der Waals surface area contributed by atoms with Crippen LogP contribution < -0.4 is 0 Å². The summed E-state index contributed by atoms with van der Waals surface area (Å²) in [6.07, 6.45) is 4.17. The number of hydrogen-bond donors (Lipinski definition) is 1. The summed E-state index contributed by atoms with van der Waals surface area (Å²) in [6.45, 7) is 6.07. The van der Waals surface area contributed by atoms with Gasteiger partial charge in [-0.2, -0.15) is 0 Å². The number of esters is 1. The van der Waals surface area contributed by atoms with Gasteiger partial charge in [0.2, 0.25) is 5.78 Å². The van der Waals surface area contributed by atoms with Crippen molar-refractivity contribution in [2.75, 3.05) is 0 Å². The molecule has 0 amide bonds. The van der Waals surface area contributed by atoms with E-state index < -0.39 is 17.4 Å². The lowest BCUT2D eigenvalue weighted by Gasteiger charge is -2.29. The molecule has 0 saturated heterocycles. The van der Waals surface area contributed by atoms with Gasteiger partial charge >= 0.3 is 5.97 Å². The third-order valence-electron chi connectivity index (χ3n) is 3.49. The molecule has 116 valence electrons. The normalized spacial score (nSPS) is 22.1. The summed E-state index contributed by atoms with van der Waals surface area (Å²) in [6, 6.07) is 0. The van der Waals surface area contributed by atoms with Crippen LogP contribution in [-0.4, -0.2) is 28.2 Å². The summed E-state index contributed by atoms with van der Waals surface area (Å²) < 4.78 is 5.05. The Labute approximate surface area is 124 Å². The van der Waals surface area contributed by atoms with Crippen molar-refractivity contribution in [2.24, 2.45) is 0 Å². The van der Waals surface area contributed by atoms with Crippen molar-refractivity contribution in [1.29, 1.82) is 0 Å². The summed E-state index contributed by atoms with van der Waals surface area (Å²) in [7, 11) is 0. The molecule has 0 aromatic carbocycles. The fraction of sp³-hybridized carbons (Fsp3) is 0.562. The quantitative estimate of drug-likeness (QED) is 0.602. The highest BCUT2D eigenvalue weighted by Gasteiger charge is 2.42. The largest absolute Gasteiger partial charge is 0.507 e. The van der Waals surface area contributed by atoms with Crippen LogP contribution in [0, 0.1) is 0 Å². The third kappa shape index (κ3) is 3.80. The molecule has 5 nitrogen and oxygen atoms in total. The van der Waals surface area contributed by atoms with Gasteiger partial charge in [-0.25, -0.2) is 0 Å². The Morgan fingerprint density at radius 1 is 1.33 bits per heavy atom. The molecule has 0 aliphatic heterocycles. The Balaban J connectivity index is 3.09. The summed E-state index contributed by atoms with van der Waals surface area (Å²) in [5.74, 6) is -1.69. The zero-order valence-electron chi connectivity index (χ0n) is 13.0. The molecule has 0 aromatic rings. The standard InChI is InChI=1S/C16H22O5/c1-5-6-7-8-13(18)12-9-16(4,21-11(3)17)15(20)10(2)14(12)19/h9,19H,5-8H2,1-4H3/t16-/m0/s1. The maximum absolute atomic E-state index is 12.2. The Morgan fingerprint density at radius 2 is 1.95 bits per heavy atom. The molecule has 0 radical (unpaired) electrons. The number of ketones is 2. The van der Waals surface area contributed by atoms with Crippen LogP contribution in [0.25, 0.3) is 0 Å². The first-order valence-electron chi connectivity index (χ1n) is 7.13. The van der Waals surface area contributed by atoms with Gasteiger partial charge in [-0.05, 0) is 26.3 Å². The fourth-order valence-corrected chi connectivity index (χ4v) is 2.35. The minimum absolute atomic E-state index is 0.0418. The second-order valence-electron chi connectivity index (χ2n) is 5.44. The number of unbranched alkanes of at least 4 members (excludes halogenated alkanes) is 2. The number of rotatable bonds is 6. The summed E-state index contributed by atoms with van der Waals surface area (Å²) in [5.41, 5.74) is -1.43. The lowest BCUT2D eigenvalue weighted by Crippen LogP contribution is -2.42. The molecule has 0 spiro atoms. The van der Waals surface area contributed by atoms with Crippen LogP contribution in [0.1, 0.15) is 53.4 Å². The molecule has 5 heteroatoms. The van der Waals surface area contributed by atoms with Crippen molar-refractivity contribution >= 4 is 17.5 Å². The Morgan fingerprint density at radius 3 is 2.48 bits per heavy atom. The first-order chi connectivity index (χ1) is 9.73. The van der Waals surface area contributed by atoms with E-state index in [4.69, 9.17) is 4.74 Å². The van der Waals surface area contributed by atoms with E-state index in [1.807, 2.05) is 6.92 Å². The van der Waals surface area contributed by atoms with E-state index in [0.29, 0.717) is 6.42 Å². The van der Waals surface area contributed by atoms with Gasteiger partial charge in [-0.3, -0.25) is 14.4 Å². The van der Waals surface area contributed by atoms with Crippen LogP contribution in [0.4, 0.5) is 0 Å². The Bertz CT molecular complexity index is 527. The molecule has 1 N–H and O–H groups in total. The van der Waals surface area contributed by atoms with Gasteiger partial charge in [0.25, 0.3) is 0 Å². The van der Waals surface area contributed by atoms with Gasteiger partial charge in [-0.15, -0.1) is 0 Å². The van der Waals surface area contributed by atoms with Crippen molar-refractivity contribution in [3.8, 4) is 0 Å². The van der Waals surface area contributed by atoms with E-state index >= 15 is 0 Å². The molecular formula is C16H22O5. The summed E-state index contributed by atoms with van der Waals surface area (Å²) in [5, 5.41) is 10.0. The van der Waals surface area contributed by atoms with Crippen LogP contribution in [0.5, 0.6) is 0 Å². The smallest absolute Gasteiger partial charge is 0.303 e. The van der Waals surface area contributed by atoms with E-state index in [9.17, 15) is 19.5 Å². The lowest BCUT2D eigenvalue weighted by molar-refractivity contribution is -0.157. The maximum Gasteiger partial charge on any atom is 0.303 e. The number of carbonyl (C=O) groups excluding carboxylic acids is 3. The highest BCUT2D eigenvalue weighted by Crippen LogP contribution is 2.31. The van der Waals surface area contributed by atoms with Crippen molar-refractivity contribution in [3.05, 3.63) is 23.0 Å². The molecule has 0 aromatic heterocycles. The first-order valence-corrected chi connectivity index (χ1v) is 7.13. The van der Waals surface area contributed by atoms with Gasteiger partial charge < -0.3 is 9.84 Å². The van der Waals surface area contributed by atoms with Crippen molar-refractivity contribution in [1.82, 2.24) is 0 Å². The fourth-order valence-electron chi connectivity index (χ4n) is 2.35. The van der Waals surface area contributed by atoms with Crippen LogP contribution >= 0.6 is 0 Å². The molecule has 1 atom stereocenters.